The number of ether oxygens (including phenoxy) is 4. The minimum Gasteiger partial charge on any atom is -0.480 e. The molecule has 0 spiro atoms. The number of nitrogens with zero attached hydrogens (tertiary/aromatic N) is 2. The quantitative estimate of drug-likeness (QED) is 0.0622. The minimum absolute atomic E-state index is 0.00412. The van der Waals surface area contributed by atoms with Crippen LogP contribution in [0.2, 0.25) is 0 Å². The van der Waals surface area contributed by atoms with Crippen LogP contribution in [0.5, 0.6) is 0 Å². The molecule has 0 radical (unpaired) electrons. The van der Waals surface area contributed by atoms with E-state index in [1.807, 2.05) is 27.8 Å². The van der Waals surface area contributed by atoms with Gasteiger partial charge in [0, 0.05) is 65.1 Å². The average molecular weight is 877 g/mol. The Bertz CT molecular complexity index is 1120. The van der Waals surface area contributed by atoms with Crippen LogP contribution in [-0.4, -0.2) is 176 Å². The van der Waals surface area contributed by atoms with E-state index in [0.717, 1.165) is 57.5 Å². The zero-order valence-electron chi connectivity index (χ0n) is 40.0. The molecule has 8 unspecified atom stereocenters. The highest BCUT2D eigenvalue weighted by molar-refractivity contribution is 5.85. The summed E-state index contributed by atoms with van der Waals surface area (Å²) in [4.78, 5) is 70.0. The lowest BCUT2D eigenvalue weighted by Crippen LogP contribution is -2.51. The lowest BCUT2D eigenvalue weighted by Gasteiger charge is -2.37. The molecular weight excluding hydrogens is 789 g/mol. The Balaban J connectivity index is -0.000000818. The Labute approximate surface area is 368 Å². The molecule has 2 rings (SSSR count). The number of methoxy groups -OCH3 is 2. The molecule has 61 heavy (non-hydrogen) atoms. The number of carboxylic acid groups (broad SMARTS) is 1. The van der Waals surface area contributed by atoms with Crippen LogP contribution in [0.25, 0.3) is 0 Å². The third-order valence-electron chi connectivity index (χ3n) is 10.7. The summed E-state index contributed by atoms with van der Waals surface area (Å²) in [6.07, 6.45) is 11.1. The maximum atomic E-state index is 12.6. The van der Waals surface area contributed by atoms with Gasteiger partial charge in [-0.15, -0.1) is 0 Å². The van der Waals surface area contributed by atoms with Crippen molar-refractivity contribution in [1.82, 2.24) is 25.8 Å². The molecule has 17 nitrogen and oxygen atoms in total. The van der Waals surface area contributed by atoms with Crippen LogP contribution in [0.1, 0.15) is 106 Å². The summed E-state index contributed by atoms with van der Waals surface area (Å²) >= 11 is 0. The van der Waals surface area contributed by atoms with E-state index in [1.54, 1.807) is 40.1 Å². The van der Waals surface area contributed by atoms with Crippen LogP contribution in [0.3, 0.4) is 0 Å². The van der Waals surface area contributed by atoms with Gasteiger partial charge in [0.25, 0.3) is 0 Å². The Hall–Kier alpha value is -2.90. The number of aliphatic carboxylic acids is 1. The molecule has 0 aromatic carbocycles. The lowest BCUT2D eigenvalue weighted by molar-refractivity contribution is -0.139. The fourth-order valence-electron chi connectivity index (χ4n) is 6.84. The van der Waals surface area contributed by atoms with Gasteiger partial charge >= 0.3 is 5.97 Å². The molecule has 1 aliphatic carbocycles. The molecule has 2 fully saturated rings. The zero-order chi connectivity index (χ0) is 47.2. The first-order valence-corrected chi connectivity index (χ1v) is 22.1. The summed E-state index contributed by atoms with van der Waals surface area (Å²) < 4.78 is 20.9. The van der Waals surface area contributed by atoms with Gasteiger partial charge in [0.2, 0.25) is 11.8 Å². The number of aldehydes is 3. The molecule has 6 N–H and O–H groups in total. The average Bonchev–Trinajstić information content (AvgIpc) is 3.90. The van der Waals surface area contributed by atoms with Crippen molar-refractivity contribution in [2.24, 2.45) is 23.5 Å². The molecule has 1 heterocycles. The number of hydrogen-bond acceptors (Lipinski definition) is 14. The molecule has 17 heteroatoms. The van der Waals surface area contributed by atoms with Crippen molar-refractivity contribution in [2.75, 3.05) is 88.5 Å². The highest BCUT2D eigenvalue weighted by Gasteiger charge is 2.34. The van der Waals surface area contributed by atoms with Gasteiger partial charge in [0.15, 0.2) is 0 Å². The van der Waals surface area contributed by atoms with Gasteiger partial charge in [0.1, 0.15) is 24.9 Å². The molecular formula is C44H88N6O11. The van der Waals surface area contributed by atoms with E-state index >= 15 is 0 Å². The maximum Gasteiger partial charge on any atom is 0.320 e. The fraction of sp³-hybridized carbons (Fsp3) is 0.864. The Morgan fingerprint density at radius 2 is 1.56 bits per heavy atom. The first kappa shape index (κ1) is 62.4. The van der Waals surface area contributed by atoms with Crippen molar-refractivity contribution in [3.05, 3.63) is 0 Å². The smallest absolute Gasteiger partial charge is 0.320 e. The van der Waals surface area contributed by atoms with E-state index in [1.165, 1.54) is 12.8 Å². The van der Waals surface area contributed by atoms with Gasteiger partial charge in [-0.1, -0.05) is 47.5 Å². The molecule has 1 saturated heterocycles. The predicted octanol–water partition coefficient (Wildman–Crippen LogP) is 2.95. The van der Waals surface area contributed by atoms with Crippen LogP contribution in [0.4, 0.5) is 0 Å². The zero-order valence-corrected chi connectivity index (χ0v) is 40.0. The van der Waals surface area contributed by atoms with Crippen molar-refractivity contribution in [3.63, 3.8) is 0 Å². The first-order valence-electron chi connectivity index (χ1n) is 22.1. The number of nitrogens with one attached hydrogen (secondary N) is 3. The Kier molecular flexibility index (Phi) is 42.1. The summed E-state index contributed by atoms with van der Waals surface area (Å²) in [5, 5.41) is 16.7. The van der Waals surface area contributed by atoms with Crippen molar-refractivity contribution >= 4 is 36.6 Å². The number of carbonyl (C=O) groups excluding carboxylic acids is 5. The Morgan fingerprint density at radius 3 is 1.97 bits per heavy atom. The number of carboxylic acids is 1. The van der Waals surface area contributed by atoms with Gasteiger partial charge in [-0.25, -0.2) is 0 Å². The highest BCUT2D eigenvalue weighted by atomic mass is 16.5. The summed E-state index contributed by atoms with van der Waals surface area (Å²) in [7, 11) is 10.6. The molecule has 1 saturated carbocycles. The topological polar surface area (TPSA) is 228 Å². The SMILES string of the molecule is CCC.CCC(C)C(C(CC=O)OC)N(C)C(=O)CNC(=O)CC1CCC(NC)C1.CN[C@@H](C)C(=O)O.COC(C(C)C=O)C1CCCN1C.NCCOCCOCCC=O. The van der Waals surface area contributed by atoms with Crippen molar-refractivity contribution < 1.29 is 52.8 Å². The molecule has 360 valence electrons. The van der Waals surface area contributed by atoms with Crippen LogP contribution < -0.4 is 21.7 Å². The van der Waals surface area contributed by atoms with E-state index in [2.05, 4.69) is 41.7 Å². The van der Waals surface area contributed by atoms with Gasteiger partial charge in [0.05, 0.1) is 51.2 Å². The minimum atomic E-state index is -0.817. The van der Waals surface area contributed by atoms with E-state index in [9.17, 15) is 28.8 Å². The Morgan fingerprint density at radius 1 is 0.934 bits per heavy atom. The fourth-order valence-corrected chi connectivity index (χ4v) is 6.84. The van der Waals surface area contributed by atoms with Crippen LogP contribution >= 0.6 is 0 Å². The standard InChI is InChI=1S/C20H37N3O4.C10H19NO2.C7H15NO3.C4H9NO2.C3H8/c1-6-14(2)20(17(27-5)9-10-24)23(4)19(26)13-22-18(25)12-15-7-8-16(11-15)21-3;1-8(7-12)10(13-3)9-5-4-6-11(9)2;8-2-5-11-7-6-10-4-1-3-9;1-3(5-2)4(6)7;1-3-2/h10,14-17,20-21H,6-9,11-13H2,1-5H3,(H,22,25);7-10H,4-6H2,1-3H3;3H,1-2,4-8H2;3,5H,1-2H3,(H,6,7);3H2,1-2H3/t;;;3-;/m...0./s1. The number of rotatable bonds is 26. The van der Waals surface area contributed by atoms with Gasteiger partial charge in [-0.2, -0.15) is 0 Å². The number of hydrogen-bond donors (Lipinski definition) is 5. The summed E-state index contributed by atoms with van der Waals surface area (Å²) in [5.74, 6) is -0.501. The molecule has 1 aliphatic heterocycles. The number of carbonyl (C=O) groups is 6. The monoisotopic (exact) mass is 877 g/mol. The number of nitrogens with two attached hydrogens (primary N) is 1. The highest BCUT2D eigenvalue weighted by Crippen LogP contribution is 2.28. The predicted molar refractivity (Wildman–Crippen MR) is 240 cm³/mol. The lowest BCUT2D eigenvalue weighted by atomic mass is 9.91. The number of likely N-dealkylation sites (tertiary alicyclic amines) is 1. The third kappa shape index (κ3) is 29.9. The number of likely N-dealkylation sites (N-methyl/N-ethyl adjacent to an activating group) is 3. The van der Waals surface area contributed by atoms with E-state index < -0.39 is 12.0 Å². The normalized spacial score (nSPS) is 19.8. The van der Waals surface area contributed by atoms with Crippen molar-refractivity contribution in [1.29, 1.82) is 0 Å². The number of amides is 2. The second kappa shape index (κ2) is 41.1. The summed E-state index contributed by atoms with van der Waals surface area (Å²) in [6.45, 7) is 15.6. The molecule has 0 aromatic rings. The van der Waals surface area contributed by atoms with Crippen LogP contribution in [0.15, 0.2) is 0 Å². The summed E-state index contributed by atoms with van der Waals surface area (Å²) in [6, 6.07) is 0.279. The second-order valence-corrected chi connectivity index (χ2v) is 15.6. The maximum absolute atomic E-state index is 12.6. The van der Waals surface area contributed by atoms with Gasteiger partial charge < -0.3 is 69.9 Å². The van der Waals surface area contributed by atoms with E-state index in [0.29, 0.717) is 63.8 Å². The first-order chi connectivity index (χ1) is 29.1. The molecule has 0 bridgehead atoms. The molecule has 2 aliphatic rings. The largest absolute Gasteiger partial charge is 0.480 e. The molecule has 0 aromatic heterocycles. The van der Waals surface area contributed by atoms with Gasteiger partial charge in [-0.3, -0.25) is 14.4 Å². The third-order valence-corrected chi connectivity index (χ3v) is 10.7. The van der Waals surface area contributed by atoms with Gasteiger partial charge in [-0.05, 0) is 78.6 Å². The van der Waals surface area contributed by atoms with E-state index in [-0.39, 0.29) is 54.9 Å². The summed E-state index contributed by atoms with van der Waals surface area (Å²) in [5.41, 5.74) is 5.18. The van der Waals surface area contributed by atoms with Crippen LogP contribution in [0, 0.1) is 17.8 Å². The van der Waals surface area contributed by atoms with Crippen molar-refractivity contribution in [2.45, 2.75) is 142 Å². The molecule has 9 atom stereocenters. The molecule has 2 amide bonds. The van der Waals surface area contributed by atoms with E-state index in [4.69, 9.17) is 29.8 Å². The second-order valence-electron chi connectivity index (χ2n) is 15.6. The van der Waals surface area contributed by atoms with Crippen LogP contribution in [-0.2, 0) is 47.7 Å². The van der Waals surface area contributed by atoms with Crippen molar-refractivity contribution in [3.8, 4) is 0 Å².